The molecule has 0 aromatic rings. The lowest BCUT2D eigenvalue weighted by molar-refractivity contribution is 0.128. The molecular weight excluding hydrogens is 164 g/mol. The summed E-state index contributed by atoms with van der Waals surface area (Å²) in [6.45, 7) is 8.03. The fourth-order valence-electron chi connectivity index (χ4n) is 0.595. The van der Waals surface area contributed by atoms with Gasteiger partial charge in [0.05, 0.1) is 6.26 Å². The minimum Gasteiger partial charge on any atom is -0.516 e. The van der Waals surface area contributed by atoms with Crippen molar-refractivity contribution in [2.75, 3.05) is 13.2 Å². The Morgan fingerprint density at radius 2 is 1.46 bits per heavy atom. The Morgan fingerprint density at radius 3 is 1.69 bits per heavy atom. The predicted molar refractivity (Wildman–Crippen MR) is 58.1 cm³/mol. The first kappa shape index (κ1) is 15.0. The van der Waals surface area contributed by atoms with Gasteiger partial charge < -0.3 is 9.84 Å². The van der Waals surface area contributed by atoms with E-state index in [1.54, 1.807) is 13.0 Å². The zero-order valence-corrected chi connectivity index (χ0v) is 9.25. The molecule has 0 spiro atoms. The van der Waals surface area contributed by atoms with Gasteiger partial charge in [0.25, 0.3) is 0 Å². The van der Waals surface area contributed by atoms with Gasteiger partial charge >= 0.3 is 0 Å². The molecule has 0 fully saturated rings. The highest BCUT2D eigenvalue weighted by Gasteiger charge is 1.84. The monoisotopic (exact) mass is 188 g/mol. The van der Waals surface area contributed by atoms with Crippen LogP contribution < -0.4 is 0 Å². The van der Waals surface area contributed by atoms with E-state index in [0.29, 0.717) is 0 Å². The molecule has 0 unspecified atom stereocenters. The van der Waals surface area contributed by atoms with Crippen molar-refractivity contribution >= 4 is 0 Å². The van der Waals surface area contributed by atoms with Gasteiger partial charge in [-0.2, -0.15) is 0 Å². The summed E-state index contributed by atoms with van der Waals surface area (Å²) in [6, 6.07) is 0. The number of aliphatic hydroxyl groups is 1. The Morgan fingerprint density at radius 1 is 1.08 bits per heavy atom. The van der Waals surface area contributed by atoms with Gasteiger partial charge in [-0.1, -0.05) is 32.8 Å². The molecule has 0 bridgehead atoms. The molecule has 0 aromatic heterocycles. The van der Waals surface area contributed by atoms with E-state index >= 15 is 0 Å². The second-order valence-electron chi connectivity index (χ2n) is 2.80. The number of unbranched alkanes of at least 4 members (excludes halogenated alkanes) is 2. The Bertz CT molecular complexity index is 80.1. The van der Waals surface area contributed by atoms with Crippen molar-refractivity contribution < 1.29 is 9.84 Å². The van der Waals surface area contributed by atoms with Crippen molar-refractivity contribution in [3.05, 3.63) is 12.3 Å². The van der Waals surface area contributed by atoms with Gasteiger partial charge in [0.2, 0.25) is 0 Å². The van der Waals surface area contributed by atoms with Gasteiger partial charge in [-0.3, -0.25) is 0 Å². The van der Waals surface area contributed by atoms with Crippen LogP contribution in [0.4, 0.5) is 0 Å². The van der Waals surface area contributed by atoms with Crippen LogP contribution in [0.15, 0.2) is 12.3 Å². The summed E-state index contributed by atoms with van der Waals surface area (Å²) >= 11 is 0. The molecule has 0 radical (unpaired) electrons. The molecule has 80 valence electrons. The summed E-state index contributed by atoms with van der Waals surface area (Å²) in [6.07, 6.45) is 7.46. The number of hydrogen-bond acceptors (Lipinski definition) is 2. The highest BCUT2D eigenvalue weighted by molar-refractivity contribution is 4.60. The second-order valence-corrected chi connectivity index (χ2v) is 2.80. The molecule has 2 heteroatoms. The van der Waals surface area contributed by atoms with Crippen LogP contribution in [-0.4, -0.2) is 18.3 Å². The third kappa shape index (κ3) is 24.6. The standard InChI is InChI=1S/C8H18O.C3H6O/c1-3-5-7-9-8-6-4-2;1-2-3-4/h3-8H2,1-2H3;2-4H,1H3. The third-order valence-corrected chi connectivity index (χ3v) is 1.43. The van der Waals surface area contributed by atoms with Gasteiger partial charge in [0.15, 0.2) is 0 Å². The van der Waals surface area contributed by atoms with E-state index in [1.807, 2.05) is 0 Å². The van der Waals surface area contributed by atoms with E-state index in [9.17, 15) is 0 Å². The van der Waals surface area contributed by atoms with Crippen molar-refractivity contribution in [1.82, 2.24) is 0 Å². The first-order chi connectivity index (χ1) is 6.33. The Labute approximate surface area is 82.6 Å². The molecule has 0 heterocycles. The quantitative estimate of drug-likeness (QED) is 0.509. The third-order valence-electron chi connectivity index (χ3n) is 1.43. The zero-order chi connectivity index (χ0) is 10.4. The van der Waals surface area contributed by atoms with E-state index in [0.717, 1.165) is 19.5 Å². The van der Waals surface area contributed by atoms with Crippen molar-refractivity contribution in [1.29, 1.82) is 0 Å². The molecule has 0 aromatic carbocycles. The maximum atomic E-state index is 7.69. The van der Waals surface area contributed by atoms with Crippen LogP contribution in [0.2, 0.25) is 0 Å². The molecule has 0 atom stereocenters. The van der Waals surface area contributed by atoms with Crippen LogP contribution in [0.1, 0.15) is 46.5 Å². The fraction of sp³-hybridized carbons (Fsp3) is 0.818. The predicted octanol–water partition coefficient (Wildman–Crippen LogP) is 3.68. The summed E-state index contributed by atoms with van der Waals surface area (Å²) < 4.78 is 5.31. The maximum Gasteiger partial charge on any atom is 0.0748 e. The first-order valence-electron chi connectivity index (χ1n) is 5.16. The highest BCUT2D eigenvalue weighted by Crippen LogP contribution is 1.91. The van der Waals surface area contributed by atoms with Gasteiger partial charge in [0.1, 0.15) is 0 Å². The molecule has 0 aliphatic carbocycles. The SMILES string of the molecule is CC=CO.CCCCOCCCC. The summed E-state index contributed by atoms with van der Waals surface area (Å²) in [4.78, 5) is 0. The summed E-state index contributed by atoms with van der Waals surface area (Å²) in [5.74, 6) is 0. The minimum absolute atomic E-state index is 0.955. The fourth-order valence-corrected chi connectivity index (χ4v) is 0.595. The van der Waals surface area contributed by atoms with E-state index in [1.165, 1.54) is 25.7 Å². The van der Waals surface area contributed by atoms with Gasteiger partial charge in [-0.15, -0.1) is 0 Å². The molecule has 0 aliphatic heterocycles. The lowest BCUT2D eigenvalue weighted by Gasteiger charge is -1.99. The summed E-state index contributed by atoms with van der Waals surface area (Å²) in [7, 11) is 0. The topological polar surface area (TPSA) is 29.5 Å². The second kappa shape index (κ2) is 17.5. The lowest BCUT2D eigenvalue weighted by atomic mass is 10.3. The van der Waals surface area contributed by atoms with E-state index < -0.39 is 0 Å². The molecule has 0 saturated carbocycles. The average molecular weight is 188 g/mol. The molecule has 1 N–H and O–H groups in total. The normalized spacial score (nSPS) is 9.77. The largest absolute Gasteiger partial charge is 0.516 e. The highest BCUT2D eigenvalue weighted by atomic mass is 16.5. The van der Waals surface area contributed by atoms with Crippen molar-refractivity contribution in [2.45, 2.75) is 46.5 Å². The van der Waals surface area contributed by atoms with Crippen LogP contribution in [0, 0.1) is 0 Å². The molecule has 0 aliphatic rings. The van der Waals surface area contributed by atoms with Crippen LogP contribution in [-0.2, 0) is 4.74 Å². The molecule has 13 heavy (non-hydrogen) atoms. The first-order valence-corrected chi connectivity index (χ1v) is 5.16. The van der Waals surface area contributed by atoms with E-state index in [4.69, 9.17) is 9.84 Å². The number of ether oxygens (including phenoxy) is 1. The molecule has 0 amide bonds. The van der Waals surface area contributed by atoms with Crippen LogP contribution >= 0.6 is 0 Å². The van der Waals surface area contributed by atoms with Crippen molar-refractivity contribution in [3.8, 4) is 0 Å². The van der Waals surface area contributed by atoms with Gasteiger partial charge in [-0.25, -0.2) is 0 Å². The van der Waals surface area contributed by atoms with Gasteiger partial charge in [-0.05, 0) is 19.8 Å². The Hall–Kier alpha value is -0.500. The molecule has 0 saturated heterocycles. The Balaban J connectivity index is 0. The number of rotatable bonds is 6. The number of allylic oxidation sites excluding steroid dienone is 1. The summed E-state index contributed by atoms with van der Waals surface area (Å²) in [5.41, 5.74) is 0. The smallest absolute Gasteiger partial charge is 0.0748 e. The average Bonchev–Trinajstić information content (AvgIpc) is 2.18. The van der Waals surface area contributed by atoms with E-state index in [2.05, 4.69) is 13.8 Å². The van der Waals surface area contributed by atoms with Crippen LogP contribution in [0.3, 0.4) is 0 Å². The summed E-state index contributed by atoms with van der Waals surface area (Å²) in [5, 5.41) is 7.69. The number of hydrogen-bond donors (Lipinski definition) is 1. The Kier molecular flexibility index (Phi) is 20.2. The van der Waals surface area contributed by atoms with E-state index in [-0.39, 0.29) is 0 Å². The van der Waals surface area contributed by atoms with Crippen LogP contribution in [0.5, 0.6) is 0 Å². The maximum absolute atomic E-state index is 7.69. The molecule has 0 rings (SSSR count). The van der Waals surface area contributed by atoms with Crippen molar-refractivity contribution in [2.24, 2.45) is 0 Å². The molecule has 2 nitrogen and oxygen atoms in total. The zero-order valence-electron chi connectivity index (χ0n) is 9.25. The minimum atomic E-state index is 0.955. The number of aliphatic hydroxyl groups excluding tert-OH is 1. The molecular formula is C11H24O2. The van der Waals surface area contributed by atoms with Gasteiger partial charge in [0, 0.05) is 13.2 Å². The van der Waals surface area contributed by atoms with Crippen molar-refractivity contribution in [3.63, 3.8) is 0 Å². The lowest BCUT2D eigenvalue weighted by Crippen LogP contribution is -1.95. The van der Waals surface area contributed by atoms with Crippen LogP contribution in [0.25, 0.3) is 0 Å².